The summed E-state index contributed by atoms with van der Waals surface area (Å²) in [5, 5.41) is 16.5. The van der Waals surface area contributed by atoms with Crippen LogP contribution in [0.1, 0.15) is 60.0 Å². The molecular weight excluding hydrogens is 520 g/mol. The maximum absolute atomic E-state index is 13.6. The molecule has 3 aromatic rings. The van der Waals surface area contributed by atoms with Crippen molar-refractivity contribution in [3.8, 4) is 5.75 Å². The van der Waals surface area contributed by atoms with Gasteiger partial charge in [0.15, 0.2) is 11.4 Å². The summed E-state index contributed by atoms with van der Waals surface area (Å²) in [5.74, 6) is -0.364. The molecule has 1 aliphatic heterocycles. The van der Waals surface area contributed by atoms with Gasteiger partial charge in [-0.05, 0) is 75.1 Å². The molecule has 0 atom stereocenters. The van der Waals surface area contributed by atoms with Crippen LogP contribution in [0, 0.1) is 0 Å². The van der Waals surface area contributed by atoms with E-state index in [4.69, 9.17) is 21.4 Å². The minimum atomic E-state index is -0.509. The second-order valence-electron chi connectivity index (χ2n) is 10.0. The second kappa shape index (κ2) is 12.1. The monoisotopic (exact) mass is 554 g/mol. The Balaban J connectivity index is 1.66. The number of amides is 3. The Labute approximate surface area is 233 Å². The average molecular weight is 555 g/mol. The lowest BCUT2D eigenvalue weighted by atomic mass is 10.0. The number of hydrogen-bond acceptors (Lipinski definition) is 5. The van der Waals surface area contributed by atoms with E-state index in [9.17, 15) is 14.4 Å². The Morgan fingerprint density at radius 3 is 2.36 bits per heavy atom. The highest BCUT2D eigenvalue weighted by Gasteiger charge is 2.29. The number of carbonyl (C=O) groups is 3. The number of likely N-dealkylation sites (tertiary alicyclic amines) is 1. The molecule has 1 aromatic heterocycles. The van der Waals surface area contributed by atoms with E-state index >= 15 is 0 Å². The van der Waals surface area contributed by atoms with Crippen LogP contribution in [0.25, 0.3) is 10.9 Å². The van der Waals surface area contributed by atoms with Gasteiger partial charge in [0.2, 0.25) is 5.91 Å². The second-order valence-corrected chi connectivity index (χ2v) is 10.5. The number of ether oxygens (including phenoxy) is 1. The lowest BCUT2D eigenvalue weighted by Gasteiger charge is -2.32. The van der Waals surface area contributed by atoms with Gasteiger partial charge < -0.3 is 29.9 Å². The van der Waals surface area contributed by atoms with Gasteiger partial charge in [0.05, 0.1) is 11.6 Å². The van der Waals surface area contributed by atoms with E-state index in [0.29, 0.717) is 60.1 Å². The Morgan fingerprint density at radius 1 is 1.10 bits per heavy atom. The number of hydrogen-bond donors (Lipinski definition) is 3. The molecule has 0 spiro atoms. The molecule has 1 aliphatic rings. The van der Waals surface area contributed by atoms with Gasteiger partial charge in [-0.25, -0.2) is 0 Å². The SMILES string of the molecule is CCc1cc2c(cc1NC(=O)c1ccc(Cl)cc1)c(OC(C)C)c(C(=O)NC1CCN(C(=O)CO)CC1)n2C. The molecule has 0 aliphatic carbocycles. The highest BCUT2D eigenvalue weighted by molar-refractivity contribution is 6.30. The van der Waals surface area contributed by atoms with Crippen molar-refractivity contribution >= 4 is 45.9 Å². The summed E-state index contributed by atoms with van der Waals surface area (Å²) in [6, 6.07) is 10.4. The number of halogens is 1. The first-order chi connectivity index (χ1) is 18.6. The van der Waals surface area contributed by atoms with Crippen LogP contribution in [0.15, 0.2) is 36.4 Å². The fourth-order valence-corrected chi connectivity index (χ4v) is 5.06. The Kier molecular flexibility index (Phi) is 8.82. The van der Waals surface area contributed by atoms with Crippen molar-refractivity contribution in [3.05, 3.63) is 58.2 Å². The minimum absolute atomic E-state index is 0.106. The first-order valence-electron chi connectivity index (χ1n) is 13.2. The molecular formula is C29H35ClN4O5. The molecule has 0 saturated carbocycles. The smallest absolute Gasteiger partial charge is 0.272 e. The topological polar surface area (TPSA) is 113 Å². The van der Waals surface area contributed by atoms with Crippen molar-refractivity contribution in [2.24, 2.45) is 7.05 Å². The van der Waals surface area contributed by atoms with Crippen molar-refractivity contribution in [1.82, 2.24) is 14.8 Å². The summed E-state index contributed by atoms with van der Waals surface area (Å²) in [7, 11) is 1.83. The third kappa shape index (κ3) is 6.20. The van der Waals surface area contributed by atoms with Gasteiger partial charge >= 0.3 is 0 Å². The van der Waals surface area contributed by atoms with Crippen molar-refractivity contribution in [2.75, 3.05) is 25.0 Å². The summed E-state index contributed by atoms with van der Waals surface area (Å²) in [6.45, 7) is 6.26. The van der Waals surface area contributed by atoms with Gasteiger partial charge in [0.25, 0.3) is 11.8 Å². The van der Waals surface area contributed by atoms with Gasteiger partial charge in [0, 0.05) is 47.8 Å². The number of benzene rings is 2. The van der Waals surface area contributed by atoms with Crippen LogP contribution in [0.2, 0.25) is 5.02 Å². The van der Waals surface area contributed by atoms with Gasteiger partial charge in [-0.2, -0.15) is 0 Å². The number of aryl methyl sites for hydroxylation is 2. The highest BCUT2D eigenvalue weighted by Crippen LogP contribution is 2.37. The lowest BCUT2D eigenvalue weighted by Crippen LogP contribution is -2.47. The molecule has 4 rings (SSSR count). The number of anilines is 1. The summed E-state index contributed by atoms with van der Waals surface area (Å²) < 4.78 is 8.02. The van der Waals surface area contributed by atoms with Crippen LogP contribution in [-0.2, 0) is 18.3 Å². The molecule has 3 N–H and O–H groups in total. The molecule has 1 fully saturated rings. The van der Waals surface area contributed by atoms with E-state index < -0.39 is 6.61 Å². The Bertz CT molecular complexity index is 1370. The third-order valence-corrected chi connectivity index (χ3v) is 7.25. The Hall–Kier alpha value is -3.56. The zero-order chi connectivity index (χ0) is 28.3. The number of piperidine rings is 1. The van der Waals surface area contributed by atoms with E-state index in [2.05, 4.69) is 10.6 Å². The van der Waals surface area contributed by atoms with E-state index in [1.807, 2.05) is 44.5 Å². The molecule has 2 heterocycles. The standard InChI is InChI=1S/C29H35ClN4O5/c1-5-18-14-24-22(15-23(18)32-28(37)19-6-8-20(30)9-7-19)27(39-17(2)3)26(33(24)4)29(38)31-21-10-12-34(13-11-21)25(36)16-35/h6-9,14-15,17,21,35H,5,10-13,16H2,1-4H3,(H,31,38)(H,32,37). The number of nitrogens with one attached hydrogen (secondary N) is 2. The summed E-state index contributed by atoms with van der Waals surface area (Å²) >= 11 is 5.97. The molecule has 3 amide bonds. The van der Waals surface area contributed by atoms with E-state index in [0.717, 1.165) is 16.5 Å². The molecule has 0 bridgehead atoms. The number of rotatable bonds is 8. The first-order valence-corrected chi connectivity index (χ1v) is 13.6. The van der Waals surface area contributed by atoms with Crippen molar-refractivity contribution in [1.29, 1.82) is 0 Å². The molecule has 10 heteroatoms. The maximum Gasteiger partial charge on any atom is 0.272 e. The van der Waals surface area contributed by atoms with Crippen LogP contribution in [0.5, 0.6) is 5.75 Å². The van der Waals surface area contributed by atoms with Crippen LogP contribution in [0.3, 0.4) is 0 Å². The van der Waals surface area contributed by atoms with Crippen LogP contribution in [0.4, 0.5) is 5.69 Å². The summed E-state index contributed by atoms with van der Waals surface area (Å²) in [6.07, 6.45) is 1.68. The van der Waals surface area contributed by atoms with Gasteiger partial charge in [-0.1, -0.05) is 18.5 Å². The Morgan fingerprint density at radius 2 is 1.77 bits per heavy atom. The fraction of sp³-hybridized carbons (Fsp3) is 0.414. The number of aliphatic hydroxyl groups is 1. The molecule has 208 valence electrons. The zero-order valence-corrected chi connectivity index (χ0v) is 23.5. The molecule has 39 heavy (non-hydrogen) atoms. The lowest BCUT2D eigenvalue weighted by molar-refractivity contribution is -0.135. The zero-order valence-electron chi connectivity index (χ0n) is 22.7. The fourth-order valence-electron chi connectivity index (χ4n) is 4.93. The van der Waals surface area contributed by atoms with Crippen molar-refractivity contribution < 1.29 is 24.2 Å². The predicted octanol–water partition coefficient (Wildman–Crippen LogP) is 4.15. The molecule has 0 radical (unpaired) electrons. The summed E-state index contributed by atoms with van der Waals surface area (Å²) in [5.41, 5.74) is 3.28. The minimum Gasteiger partial charge on any atom is -0.488 e. The van der Waals surface area contributed by atoms with E-state index in [1.165, 1.54) is 0 Å². The third-order valence-electron chi connectivity index (χ3n) is 7.00. The predicted molar refractivity (Wildman–Crippen MR) is 152 cm³/mol. The largest absolute Gasteiger partial charge is 0.488 e. The normalized spacial score (nSPS) is 14.1. The van der Waals surface area contributed by atoms with Crippen LogP contribution in [-0.4, -0.2) is 64.1 Å². The van der Waals surface area contributed by atoms with Crippen LogP contribution >= 0.6 is 11.6 Å². The van der Waals surface area contributed by atoms with Crippen molar-refractivity contribution in [2.45, 2.75) is 52.2 Å². The van der Waals surface area contributed by atoms with Gasteiger partial charge in [0.1, 0.15) is 6.61 Å². The number of carbonyl (C=O) groups excluding carboxylic acids is 3. The molecule has 2 aromatic carbocycles. The van der Waals surface area contributed by atoms with Crippen molar-refractivity contribution in [3.63, 3.8) is 0 Å². The first kappa shape index (κ1) is 28.4. The van der Waals surface area contributed by atoms with E-state index in [1.54, 1.807) is 29.2 Å². The molecule has 9 nitrogen and oxygen atoms in total. The summed E-state index contributed by atoms with van der Waals surface area (Å²) in [4.78, 5) is 40.0. The maximum atomic E-state index is 13.6. The number of aliphatic hydroxyl groups excluding tert-OH is 1. The number of aromatic nitrogens is 1. The average Bonchev–Trinajstić information content (AvgIpc) is 3.18. The highest BCUT2D eigenvalue weighted by atomic mass is 35.5. The molecule has 0 unspecified atom stereocenters. The quantitative estimate of drug-likeness (QED) is 0.387. The van der Waals surface area contributed by atoms with Gasteiger partial charge in [-0.3, -0.25) is 14.4 Å². The van der Waals surface area contributed by atoms with E-state index in [-0.39, 0.29) is 29.9 Å². The molecule has 1 saturated heterocycles. The number of nitrogens with zero attached hydrogens (tertiary/aromatic N) is 2. The van der Waals surface area contributed by atoms with Gasteiger partial charge in [-0.15, -0.1) is 0 Å². The number of fused-ring (bicyclic) bond motifs is 1. The van der Waals surface area contributed by atoms with Crippen LogP contribution < -0.4 is 15.4 Å².